The van der Waals surface area contributed by atoms with Gasteiger partial charge in [-0.2, -0.15) is 14.9 Å². The number of likely N-dealkylation sites (N-methyl/N-ethyl adjacent to an activating group) is 1. The number of pyridine rings is 2. The fraction of sp³-hybridized carbons (Fsp3) is 0.290. The Hall–Kier alpha value is -4.97. The molecule has 4 aromatic heterocycles. The van der Waals surface area contributed by atoms with Gasteiger partial charge in [-0.15, -0.1) is 0 Å². The van der Waals surface area contributed by atoms with Crippen molar-refractivity contribution in [2.24, 2.45) is 7.05 Å². The molecule has 0 spiro atoms. The van der Waals surface area contributed by atoms with E-state index in [1.165, 1.54) is 23.0 Å². The van der Waals surface area contributed by atoms with Crippen LogP contribution in [0.1, 0.15) is 42.4 Å². The van der Waals surface area contributed by atoms with Crippen LogP contribution in [-0.2, 0) is 25.6 Å². The molecule has 1 aromatic carbocycles. The predicted octanol–water partition coefficient (Wildman–Crippen LogP) is 3.78. The Labute approximate surface area is 246 Å². The van der Waals surface area contributed by atoms with Crippen molar-refractivity contribution in [2.45, 2.75) is 39.3 Å². The summed E-state index contributed by atoms with van der Waals surface area (Å²) in [6.07, 6.45) is 5.01. The van der Waals surface area contributed by atoms with E-state index in [4.69, 9.17) is 0 Å². The summed E-state index contributed by atoms with van der Waals surface area (Å²) >= 11 is 0. The fourth-order valence-electron chi connectivity index (χ4n) is 5.36. The van der Waals surface area contributed by atoms with Crippen molar-refractivity contribution in [1.82, 2.24) is 34.0 Å². The molecule has 220 valence electrons. The Morgan fingerprint density at radius 2 is 1.84 bits per heavy atom. The van der Waals surface area contributed by atoms with Crippen molar-refractivity contribution in [2.75, 3.05) is 18.9 Å². The normalized spacial score (nSPS) is 13.7. The van der Waals surface area contributed by atoms with Gasteiger partial charge in [0.05, 0.1) is 29.4 Å². The molecule has 0 radical (unpaired) electrons. The van der Waals surface area contributed by atoms with Crippen LogP contribution in [0.3, 0.4) is 0 Å². The lowest BCUT2D eigenvalue weighted by molar-refractivity contribution is 0.112. The summed E-state index contributed by atoms with van der Waals surface area (Å²) in [6, 6.07) is 8.25. The highest BCUT2D eigenvalue weighted by Crippen LogP contribution is 2.29. The largest absolute Gasteiger partial charge is 0.334 e. The van der Waals surface area contributed by atoms with Crippen LogP contribution in [-0.4, -0.2) is 53.9 Å². The number of nitrogens with one attached hydrogen (secondary N) is 1. The molecule has 1 N–H and O–H groups in total. The second-order valence-electron chi connectivity index (χ2n) is 11.9. The average Bonchev–Trinajstić information content (AvgIpc) is 3.35. The lowest BCUT2D eigenvalue weighted by Gasteiger charge is -2.22. The summed E-state index contributed by atoms with van der Waals surface area (Å²) in [4.78, 5) is 45.6. The van der Waals surface area contributed by atoms with Gasteiger partial charge in [-0.25, -0.2) is 9.37 Å². The first-order valence-electron chi connectivity index (χ1n) is 13.8. The SMILES string of the molecule is CN1CCn2nc(Nc3cc(-c4ccnc(-n5ncc6cc(C(C)(C)C)cc(F)c6c5=O)c4C=O)cn(C)c3=O)cc2C1. The molecule has 0 saturated heterocycles. The Bertz CT molecular complexity index is 2040. The van der Waals surface area contributed by atoms with Crippen LogP contribution in [0.15, 0.2) is 58.5 Å². The fourth-order valence-corrected chi connectivity index (χ4v) is 5.36. The number of rotatable bonds is 5. The quantitative estimate of drug-likeness (QED) is 0.311. The Morgan fingerprint density at radius 3 is 2.58 bits per heavy atom. The van der Waals surface area contributed by atoms with Crippen molar-refractivity contribution in [3.8, 4) is 16.9 Å². The minimum Gasteiger partial charge on any atom is -0.334 e. The number of anilines is 2. The van der Waals surface area contributed by atoms with Gasteiger partial charge in [0.15, 0.2) is 17.9 Å². The standard InChI is InChI=1S/C31H31FN8O3/c1-31(2,3)20-10-18-14-34-40(30(43)27(18)24(32)12-20)28-23(17-41)22(6-7-33-28)19-11-25(29(42)38(5)15-19)35-26-13-21-16-37(4)8-9-39(21)36-26/h6-7,10-15,17H,8-9,16H2,1-5H3,(H,35,36). The first-order chi connectivity index (χ1) is 20.4. The third-order valence-corrected chi connectivity index (χ3v) is 7.74. The molecule has 1 aliphatic heterocycles. The number of carbonyl (C=O) groups excluding carboxylic acids is 1. The molecule has 12 heteroatoms. The van der Waals surface area contributed by atoms with Gasteiger partial charge in [0.1, 0.15) is 11.5 Å². The molecular weight excluding hydrogens is 551 g/mol. The number of halogens is 1. The third-order valence-electron chi connectivity index (χ3n) is 7.74. The van der Waals surface area contributed by atoms with Gasteiger partial charge in [0.2, 0.25) is 0 Å². The maximum Gasteiger partial charge on any atom is 0.283 e. The summed E-state index contributed by atoms with van der Waals surface area (Å²) in [5, 5.41) is 12.2. The van der Waals surface area contributed by atoms with Crippen LogP contribution < -0.4 is 16.4 Å². The van der Waals surface area contributed by atoms with E-state index < -0.39 is 11.4 Å². The van der Waals surface area contributed by atoms with Crippen molar-refractivity contribution < 1.29 is 9.18 Å². The summed E-state index contributed by atoms with van der Waals surface area (Å²) in [5.74, 6) is -0.184. The van der Waals surface area contributed by atoms with E-state index >= 15 is 4.39 Å². The van der Waals surface area contributed by atoms with E-state index in [1.807, 2.05) is 38.6 Å². The minimum atomic E-state index is -0.736. The third kappa shape index (κ3) is 5.03. The van der Waals surface area contributed by atoms with E-state index in [1.54, 1.807) is 31.4 Å². The van der Waals surface area contributed by atoms with Gasteiger partial charge in [-0.05, 0) is 47.9 Å². The molecule has 0 aliphatic carbocycles. The Kier molecular flexibility index (Phi) is 6.80. The molecule has 0 bridgehead atoms. The van der Waals surface area contributed by atoms with Gasteiger partial charge in [0.25, 0.3) is 11.1 Å². The zero-order chi connectivity index (χ0) is 30.6. The van der Waals surface area contributed by atoms with E-state index in [0.29, 0.717) is 28.6 Å². The first kappa shape index (κ1) is 28.2. The summed E-state index contributed by atoms with van der Waals surface area (Å²) in [6.45, 7) is 8.24. The Balaban J connectivity index is 1.44. The van der Waals surface area contributed by atoms with Crippen molar-refractivity contribution in [1.29, 1.82) is 0 Å². The number of aromatic nitrogens is 6. The molecule has 5 heterocycles. The van der Waals surface area contributed by atoms with Gasteiger partial charge < -0.3 is 9.88 Å². The zero-order valence-electron chi connectivity index (χ0n) is 24.6. The second kappa shape index (κ2) is 10.4. The number of aryl methyl sites for hydroxylation is 1. The van der Waals surface area contributed by atoms with E-state index in [9.17, 15) is 14.4 Å². The summed E-state index contributed by atoms with van der Waals surface area (Å²) in [7, 11) is 3.65. The van der Waals surface area contributed by atoms with Crippen LogP contribution in [0.5, 0.6) is 0 Å². The number of benzene rings is 1. The van der Waals surface area contributed by atoms with E-state index in [0.717, 1.165) is 35.6 Å². The van der Waals surface area contributed by atoms with E-state index in [-0.39, 0.29) is 33.4 Å². The van der Waals surface area contributed by atoms with E-state index in [2.05, 4.69) is 25.4 Å². The van der Waals surface area contributed by atoms with Crippen LogP contribution >= 0.6 is 0 Å². The number of hydrogen-bond donors (Lipinski definition) is 1. The molecule has 43 heavy (non-hydrogen) atoms. The topological polar surface area (TPSA) is 120 Å². The average molecular weight is 583 g/mol. The van der Waals surface area contributed by atoms with Crippen LogP contribution in [0.25, 0.3) is 27.7 Å². The molecule has 0 amide bonds. The van der Waals surface area contributed by atoms with Crippen LogP contribution in [0.2, 0.25) is 0 Å². The predicted molar refractivity (Wildman–Crippen MR) is 162 cm³/mol. The number of carbonyl (C=O) groups is 1. The number of nitrogens with zero attached hydrogens (tertiary/aromatic N) is 7. The first-order valence-corrected chi connectivity index (χ1v) is 13.8. The summed E-state index contributed by atoms with van der Waals surface area (Å²) in [5.41, 5.74) is 1.67. The smallest absolute Gasteiger partial charge is 0.283 e. The van der Waals surface area contributed by atoms with Crippen molar-refractivity contribution in [3.63, 3.8) is 0 Å². The van der Waals surface area contributed by atoms with Crippen molar-refractivity contribution in [3.05, 3.63) is 92.3 Å². The molecule has 0 saturated carbocycles. The second-order valence-corrected chi connectivity index (χ2v) is 11.9. The van der Waals surface area contributed by atoms with Crippen LogP contribution in [0.4, 0.5) is 15.9 Å². The molecule has 5 aromatic rings. The number of aldehydes is 1. The highest BCUT2D eigenvalue weighted by atomic mass is 19.1. The number of fused-ring (bicyclic) bond motifs is 2. The lowest BCUT2D eigenvalue weighted by atomic mass is 9.86. The molecule has 11 nitrogen and oxygen atoms in total. The van der Waals surface area contributed by atoms with Crippen LogP contribution in [0, 0.1) is 5.82 Å². The lowest BCUT2D eigenvalue weighted by Crippen LogP contribution is -2.30. The highest BCUT2D eigenvalue weighted by Gasteiger charge is 2.22. The molecule has 6 rings (SSSR count). The van der Waals surface area contributed by atoms with Crippen molar-refractivity contribution >= 4 is 28.6 Å². The van der Waals surface area contributed by atoms with Gasteiger partial charge >= 0.3 is 0 Å². The molecule has 0 fully saturated rings. The summed E-state index contributed by atoms with van der Waals surface area (Å²) < 4.78 is 19.5. The van der Waals surface area contributed by atoms with Gasteiger partial charge in [-0.1, -0.05) is 20.8 Å². The highest BCUT2D eigenvalue weighted by molar-refractivity contribution is 5.92. The maximum atomic E-state index is 15.3. The molecular formula is C31H31FN8O3. The maximum absolute atomic E-state index is 15.3. The zero-order valence-corrected chi connectivity index (χ0v) is 24.6. The molecule has 1 aliphatic rings. The Morgan fingerprint density at radius 1 is 1.05 bits per heavy atom. The molecule has 0 atom stereocenters. The minimum absolute atomic E-state index is 0.0482. The van der Waals surface area contributed by atoms with Gasteiger partial charge in [-0.3, -0.25) is 24.0 Å². The monoisotopic (exact) mass is 582 g/mol. The van der Waals surface area contributed by atoms with Gasteiger partial charge in [0, 0.05) is 49.5 Å². The number of hydrogen-bond acceptors (Lipinski definition) is 8. The molecule has 0 unspecified atom stereocenters.